The number of anilines is 1. The fourth-order valence-corrected chi connectivity index (χ4v) is 2.83. The zero-order valence-electron chi connectivity index (χ0n) is 8.15. The molecule has 15 heavy (non-hydrogen) atoms. The van der Waals surface area contributed by atoms with Crippen molar-refractivity contribution in [3.63, 3.8) is 0 Å². The molecular formula is C8H10Cl2N4S. The van der Waals surface area contributed by atoms with E-state index in [9.17, 15) is 0 Å². The summed E-state index contributed by atoms with van der Waals surface area (Å²) in [7, 11) is 0. The van der Waals surface area contributed by atoms with E-state index in [1.54, 1.807) is 0 Å². The maximum absolute atomic E-state index is 5.73. The number of hydrogen-bond acceptors (Lipinski definition) is 5. The second-order valence-electron chi connectivity index (χ2n) is 3.30. The molecular weight excluding hydrogens is 255 g/mol. The Kier molecular flexibility index (Phi) is 3.53. The van der Waals surface area contributed by atoms with Gasteiger partial charge < -0.3 is 4.90 Å². The van der Waals surface area contributed by atoms with Gasteiger partial charge in [0, 0.05) is 24.1 Å². The molecule has 7 heteroatoms. The average molecular weight is 265 g/mol. The molecule has 0 radical (unpaired) electrons. The molecule has 0 amide bonds. The SMILES string of the molecule is CC1CN(c2nc(Cl)nc(Cl)n2)CCS1. The fraction of sp³-hybridized carbons (Fsp3) is 0.625. The van der Waals surface area contributed by atoms with E-state index in [1.165, 1.54) is 0 Å². The smallest absolute Gasteiger partial charge is 0.231 e. The Balaban J connectivity index is 2.20. The number of nitrogens with zero attached hydrogens (tertiary/aromatic N) is 4. The fourth-order valence-electron chi connectivity index (χ4n) is 1.46. The van der Waals surface area contributed by atoms with Crippen LogP contribution in [0.15, 0.2) is 0 Å². The third-order valence-electron chi connectivity index (χ3n) is 2.09. The highest BCUT2D eigenvalue weighted by molar-refractivity contribution is 8.00. The second-order valence-corrected chi connectivity index (χ2v) is 5.52. The van der Waals surface area contributed by atoms with Gasteiger partial charge in [0.25, 0.3) is 0 Å². The van der Waals surface area contributed by atoms with Gasteiger partial charge in [0.1, 0.15) is 0 Å². The lowest BCUT2D eigenvalue weighted by molar-refractivity contribution is 0.749. The first kappa shape index (κ1) is 11.2. The normalized spacial score (nSPS) is 21.8. The van der Waals surface area contributed by atoms with E-state index in [0.29, 0.717) is 11.2 Å². The van der Waals surface area contributed by atoms with Crippen LogP contribution in [0.1, 0.15) is 6.92 Å². The van der Waals surface area contributed by atoms with Gasteiger partial charge in [-0.1, -0.05) is 6.92 Å². The zero-order valence-corrected chi connectivity index (χ0v) is 10.5. The number of hydrogen-bond donors (Lipinski definition) is 0. The Morgan fingerprint density at radius 1 is 1.27 bits per heavy atom. The summed E-state index contributed by atoms with van der Waals surface area (Å²) >= 11 is 13.4. The van der Waals surface area contributed by atoms with Gasteiger partial charge in [-0.15, -0.1) is 0 Å². The molecule has 0 aliphatic carbocycles. The Bertz CT molecular complexity index is 342. The number of halogens is 2. The molecule has 1 aromatic heterocycles. The largest absolute Gasteiger partial charge is 0.339 e. The lowest BCUT2D eigenvalue weighted by Gasteiger charge is -2.30. The molecule has 1 aromatic rings. The van der Waals surface area contributed by atoms with Gasteiger partial charge in [0.2, 0.25) is 16.5 Å². The molecule has 1 unspecified atom stereocenters. The van der Waals surface area contributed by atoms with Crippen molar-refractivity contribution in [3.05, 3.63) is 10.6 Å². The molecule has 0 aromatic carbocycles. The number of aromatic nitrogens is 3. The molecule has 1 atom stereocenters. The first-order valence-corrected chi connectivity index (χ1v) is 6.39. The molecule has 0 spiro atoms. The highest BCUT2D eigenvalue weighted by atomic mass is 35.5. The highest BCUT2D eigenvalue weighted by Crippen LogP contribution is 2.22. The van der Waals surface area contributed by atoms with Gasteiger partial charge in [-0.2, -0.15) is 26.7 Å². The minimum atomic E-state index is 0.149. The van der Waals surface area contributed by atoms with Crippen LogP contribution in [0.2, 0.25) is 10.6 Å². The lowest BCUT2D eigenvalue weighted by atomic mass is 10.4. The first-order chi connectivity index (χ1) is 7.15. The molecule has 0 saturated carbocycles. The predicted octanol–water partition coefficient (Wildman–Crippen LogP) is 2.12. The number of thioether (sulfide) groups is 1. The van der Waals surface area contributed by atoms with E-state index in [0.717, 1.165) is 18.8 Å². The van der Waals surface area contributed by atoms with E-state index >= 15 is 0 Å². The van der Waals surface area contributed by atoms with E-state index in [4.69, 9.17) is 23.2 Å². The molecule has 0 N–H and O–H groups in total. The Morgan fingerprint density at radius 2 is 1.93 bits per heavy atom. The zero-order chi connectivity index (χ0) is 10.8. The van der Waals surface area contributed by atoms with Crippen molar-refractivity contribution >= 4 is 40.9 Å². The van der Waals surface area contributed by atoms with Crippen molar-refractivity contribution in [1.82, 2.24) is 15.0 Å². The Morgan fingerprint density at radius 3 is 2.53 bits per heavy atom. The predicted molar refractivity (Wildman–Crippen MR) is 64.0 cm³/mol. The third kappa shape index (κ3) is 2.86. The van der Waals surface area contributed by atoms with Crippen molar-refractivity contribution in [2.24, 2.45) is 0 Å². The van der Waals surface area contributed by atoms with E-state index in [-0.39, 0.29) is 10.6 Å². The highest BCUT2D eigenvalue weighted by Gasteiger charge is 2.19. The van der Waals surface area contributed by atoms with Gasteiger partial charge in [0.05, 0.1) is 0 Å². The van der Waals surface area contributed by atoms with Crippen molar-refractivity contribution in [2.45, 2.75) is 12.2 Å². The van der Waals surface area contributed by atoms with Crippen LogP contribution in [0.3, 0.4) is 0 Å². The molecule has 1 fully saturated rings. The molecule has 1 aliphatic rings. The molecule has 2 heterocycles. The lowest BCUT2D eigenvalue weighted by Crippen LogP contribution is -2.37. The van der Waals surface area contributed by atoms with Crippen LogP contribution in [0.4, 0.5) is 5.95 Å². The van der Waals surface area contributed by atoms with E-state index < -0.39 is 0 Å². The second kappa shape index (κ2) is 4.72. The van der Waals surface area contributed by atoms with Crippen LogP contribution >= 0.6 is 35.0 Å². The summed E-state index contributed by atoms with van der Waals surface area (Å²) in [6.07, 6.45) is 0. The quantitative estimate of drug-likeness (QED) is 0.778. The summed E-state index contributed by atoms with van der Waals surface area (Å²) in [5.74, 6) is 1.65. The minimum absolute atomic E-state index is 0.149. The molecule has 2 rings (SSSR count). The standard InChI is InChI=1S/C8H10Cl2N4S/c1-5-4-14(2-3-15-5)8-12-6(9)11-7(10)13-8/h5H,2-4H2,1H3. The van der Waals surface area contributed by atoms with Crippen LogP contribution in [0.5, 0.6) is 0 Å². The Hall–Kier alpha value is -0.260. The van der Waals surface area contributed by atoms with Gasteiger partial charge in [0.15, 0.2) is 0 Å². The molecule has 4 nitrogen and oxygen atoms in total. The van der Waals surface area contributed by atoms with Crippen LogP contribution in [-0.4, -0.2) is 39.0 Å². The van der Waals surface area contributed by atoms with Crippen molar-refractivity contribution in [1.29, 1.82) is 0 Å². The topological polar surface area (TPSA) is 41.9 Å². The summed E-state index contributed by atoms with van der Waals surface area (Å²) < 4.78 is 0. The van der Waals surface area contributed by atoms with Gasteiger partial charge in [-0.3, -0.25) is 0 Å². The van der Waals surface area contributed by atoms with Crippen LogP contribution in [0.25, 0.3) is 0 Å². The molecule has 82 valence electrons. The van der Waals surface area contributed by atoms with Crippen molar-refractivity contribution in [3.8, 4) is 0 Å². The van der Waals surface area contributed by atoms with Crippen LogP contribution in [-0.2, 0) is 0 Å². The summed E-state index contributed by atoms with van der Waals surface area (Å²) in [6, 6.07) is 0. The summed E-state index contributed by atoms with van der Waals surface area (Å²) in [5.41, 5.74) is 0. The molecule has 1 aliphatic heterocycles. The Labute approximate surface area is 102 Å². The van der Waals surface area contributed by atoms with Crippen molar-refractivity contribution in [2.75, 3.05) is 23.7 Å². The van der Waals surface area contributed by atoms with E-state index in [2.05, 4.69) is 26.8 Å². The minimum Gasteiger partial charge on any atom is -0.339 e. The summed E-state index contributed by atoms with van der Waals surface area (Å²) in [6.45, 7) is 4.02. The van der Waals surface area contributed by atoms with E-state index in [1.807, 2.05) is 11.8 Å². The van der Waals surface area contributed by atoms with Gasteiger partial charge >= 0.3 is 0 Å². The maximum Gasteiger partial charge on any atom is 0.231 e. The van der Waals surface area contributed by atoms with Gasteiger partial charge in [-0.25, -0.2) is 0 Å². The average Bonchev–Trinajstić information content (AvgIpc) is 2.16. The summed E-state index contributed by atoms with van der Waals surface area (Å²) in [4.78, 5) is 13.9. The maximum atomic E-state index is 5.73. The monoisotopic (exact) mass is 264 g/mol. The third-order valence-corrected chi connectivity index (χ3v) is 3.57. The number of rotatable bonds is 1. The molecule has 0 bridgehead atoms. The van der Waals surface area contributed by atoms with Crippen molar-refractivity contribution < 1.29 is 0 Å². The van der Waals surface area contributed by atoms with Gasteiger partial charge in [-0.05, 0) is 23.2 Å². The molecule has 1 saturated heterocycles. The summed E-state index contributed by atoms with van der Waals surface area (Å²) in [5, 5.41) is 0.875. The first-order valence-electron chi connectivity index (χ1n) is 4.59. The van der Waals surface area contributed by atoms with Crippen LogP contribution < -0.4 is 4.90 Å². The van der Waals surface area contributed by atoms with Crippen LogP contribution in [0, 0.1) is 0 Å².